The van der Waals surface area contributed by atoms with Crippen LogP contribution in [0.1, 0.15) is 28.4 Å². The Hall–Kier alpha value is -2.88. The van der Waals surface area contributed by atoms with Crippen molar-refractivity contribution in [1.29, 1.82) is 0 Å². The van der Waals surface area contributed by atoms with Gasteiger partial charge in [-0.25, -0.2) is 4.79 Å². The predicted molar refractivity (Wildman–Crippen MR) is 86.4 cm³/mol. The number of hydrogen-bond donors (Lipinski definition) is 1. The Kier molecular flexibility index (Phi) is 5.09. The number of rotatable bonds is 5. The van der Waals surface area contributed by atoms with E-state index < -0.39 is 0 Å². The van der Waals surface area contributed by atoms with Crippen molar-refractivity contribution in [1.82, 2.24) is 0 Å². The highest BCUT2D eigenvalue weighted by molar-refractivity contribution is 6.09. The highest BCUT2D eigenvalue weighted by atomic mass is 16.5. The van der Waals surface area contributed by atoms with E-state index in [1.165, 1.54) is 6.08 Å². The van der Waals surface area contributed by atoms with Gasteiger partial charge in [-0.15, -0.1) is 0 Å². The van der Waals surface area contributed by atoms with Crippen LogP contribution in [0.4, 0.5) is 5.69 Å². The maximum Gasteiger partial charge on any atom is 0.330 e. The van der Waals surface area contributed by atoms with Crippen molar-refractivity contribution in [3.05, 3.63) is 71.3 Å². The molecular formula is C18H17NO3. The number of carbonyl (C=O) groups is 2. The number of nitrogens with two attached hydrogens (primary N) is 1. The summed E-state index contributed by atoms with van der Waals surface area (Å²) in [6, 6.07) is 13.8. The normalized spacial score (nSPS) is 10.6. The maximum atomic E-state index is 12.3. The fraction of sp³-hybridized carbons (Fsp3) is 0.111. The van der Waals surface area contributed by atoms with Gasteiger partial charge in [-0.05, 0) is 42.8 Å². The minimum Gasteiger partial charge on any atom is -0.463 e. The van der Waals surface area contributed by atoms with Gasteiger partial charge >= 0.3 is 5.97 Å². The van der Waals surface area contributed by atoms with Gasteiger partial charge in [-0.2, -0.15) is 0 Å². The van der Waals surface area contributed by atoms with Gasteiger partial charge in [0.2, 0.25) is 0 Å². The first kappa shape index (κ1) is 15.5. The average molecular weight is 295 g/mol. The molecule has 0 aliphatic carbocycles. The number of carbonyl (C=O) groups excluding carboxylic acids is 2. The van der Waals surface area contributed by atoms with Crippen molar-refractivity contribution in [2.75, 3.05) is 12.3 Å². The number of esters is 1. The number of anilines is 1. The summed E-state index contributed by atoms with van der Waals surface area (Å²) in [4.78, 5) is 23.5. The number of ether oxygens (including phenoxy) is 1. The van der Waals surface area contributed by atoms with Crippen LogP contribution < -0.4 is 5.73 Å². The van der Waals surface area contributed by atoms with Crippen molar-refractivity contribution in [2.45, 2.75) is 6.92 Å². The summed E-state index contributed by atoms with van der Waals surface area (Å²) < 4.78 is 4.80. The van der Waals surface area contributed by atoms with Crippen LogP contribution >= 0.6 is 0 Å². The second-order valence-electron chi connectivity index (χ2n) is 4.66. The fourth-order valence-corrected chi connectivity index (χ4v) is 1.90. The molecule has 0 fully saturated rings. The molecule has 2 aromatic carbocycles. The van der Waals surface area contributed by atoms with Crippen LogP contribution in [0, 0.1) is 0 Å². The van der Waals surface area contributed by atoms with E-state index in [-0.39, 0.29) is 11.8 Å². The summed E-state index contributed by atoms with van der Waals surface area (Å²) >= 11 is 0. The van der Waals surface area contributed by atoms with Crippen LogP contribution in [0.25, 0.3) is 6.08 Å². The van der Waals surface area contributed by atoms with Crippen molar-refractivity contribution in [3.63, 3.8) is 0 Å². The first-order chi connectivity index (χ1) is 10.6. The van der Waals surface area contributed by atoms with E-state index in [9.17, 15) is 9.59 Å². The molecule has 0 atom stereocenters. The summed E-state index contributed by atoms with van der Waals surface area (Å²) in [5.41, 5.74) is 8.22. The Morgan fingerprint density at radius 2 is 1.55 bits per heavy atom. The largest absolute Gasteiger partial charge is 0.463 e. The van der Waals surface area contributed by atoms with Gasteiger partial charge in [-0.3, -0.25) is 4.79 Å². The van der Waals surface area contributed by atoms with E-state index in [0.29, 0.717) is 23.4 Å². The highest BCUT2D eigenvalue weighted by Gasteiger charge is 2.08. The average Bonchev–Trinajstić information content (AvgIpc) is 2.54. The van der Waals surface area contributed by atoms with E-state index in [2.05, 4.69) is 0 Å². The summed E-state index contributed by atoms with van der Waals surface area (Å²) in [7, 11) is 0. The first-order valence-electron chi connectivity index (χ1n) is 6.95. The van der Waals surface area contributed by atoms with Crippen molar-refractivity contribution in [2.24, 2.45) is 0 Å². The second kappa shape index (κ2) is 7.22. The lowest BCUT2D eigenvalue weighted by molar-refractivity contribution is -0.137. The summed E-state index contributed by atoms with van der Waals surface area (Å²) in [5, 5.41) is 0. The Morgan fingerprint density at radius 1 is 1.00 bits per heavy atom. The number of ketones is 1. The molecule has 4 heteroatoms. The summed E-state index contributed by atoms with van der Waals surface area (Å²) in [6.45, 7) is 2.10. The van der Waals surface area contributed by atoms with Crippen molar-refractivity contribution >= 4 is 23.5 Å². The van der Waals surface area contributed by atoms with E-state index in [0.717, 1.165) is 5.56 Å². The molecule has 0 aliphatic heterocycles. The van der Waals surface area contributed by atoms with Gasteiger partial charge in [0.15, 0.2) is 5.78 Å². The molecule has 2 N–H and O–H groups in total. The van der Waals surface area contributed by atoms with Crippen LogP contribution in [-0.2, 0) is 9.53 Å². The number of nitrogen functional groups attached to an aromatic ring is 1. The van der Waals surface area contributed by atoms with Gasteiger partial charge in [-0.1, -0.05) is 24.3 Å². The molecule has 2 rings (SSSR count). The topological polar surface area (TPSA) is 69.4 Å². The van der Waals surface area contributed by atoms with Crippen molar-refractivity contribution < 1.29 is 14.3 Å². The standard InChI is InChI=1S/C18H17NO3/c1-2-22-17(20)12-5-13-3-6-14(7-4-13)18(21)15-8-10-16(19)11-9-15/h3-12H,2,19H2,1H3. The van der Waals surface area contributed by atoms with E-state index in [4.69, 9.17) is 10.5 Å². The van der Waals surface area contributed by atoms with Crippen molar-refractivity contribution in [3.8, 4) is 0 Å². The minimum atomic E-state index is -0.385. The number of hydrogen-bond acceptors (Lipinski definition) is 4. The number of benzene rings is 2. The lowest BCUT2D eigenvalue weighted by Crippen LogP contribution is -2.01. The molecule has 22 heavy (non-hydrogen) atoms. The van der Waals surface area contributed by atoms with Gasteiger partial charge in [0.1, 0.15) is 0 Å². The molecule has 112 valence electrons. The van der Waals surface area contributed by atoms with Gasteiger partial charge < -0.3 is 10.5 Å². The maximum absolute atomic E-state index is 12.3. The molecule has 0 aliphatic rings. The third-order valence-corrected chi connectivity index (χ3v) is 3.04. The first-order valence-corrected chi connectivity index (χ1v) is 6.95. The highest BCUT2D eigenvalue weighted by Crippen LogP contribution is 2.13. The zero-order valence-corrected chi connectivity index (χ0v) is 12.3. The fourth-order valence-electron chi connectivity index (χ4n) is 1.90. The molecule has 0 aromatic heterocycles. The van der Waals surface area contributed by atoms with Gasteiger partial charge in [0.05, 0.1) is 6.61 Å². The molecule has 2 aromatic rings. The molecule has 0 amide bonds. The predicted octanol–water partition coefficient (Wildman–Crippen LogP) is 3.08. The molecule has 0 saturated heterocycles. The van der Waals surface area contributed by atoms with E-state index in [1.54, 1.807) is 61.5 Å². The lowest BCUT2D eigenvalue weighted by Gasteiger charge is -2.02. The quantitative estimate of drug-likeness (QED) is 0.398. The monoisotopic (exact) mass is 295 g/mol. The van der Waals surface area contributed by atoms with E-state index in [1.807, 2.05) is 0 Å². The van der Waals surface area contributed by atoms with Gasteiger partial charge in [0, 0.05) is 22.9 Å². The second-order valence-corrected chi connectivity index (χ2v) is 4.66. The molecule has 0 bridgehead atoms. The lowest BCUT2D eigenvalue weighted by atomic mass is 10.0. The van der Waals surface area contributed by atoms with Crippen LogP contribution in [-0.4, -0.2) is 18.4 Å². The molecule has 0 heterocycles. The Balaban J connectivity index is 2.10. The Labute approximate surface area is 129 Å². The molecular weight excluding hydrogens is 278 g/mol. The van der Waals surface area contributed by atoms with Gasteiger partial charge in [0.25, 0.3) is 0 Å². The summed E-state index contributed by atoms with van der Waals surface area (Å²) in [6.07, 6.45) is 3.01. The molecule has 0 saturated carbocycles. The van der Waals surface area contributed by atoms with Crippen LogP contribution in [0.3, 0.4) is 0 Å². The third kappa shape index (κ3) is 4.06. The summed E-state index contributed by atoms with van der Waals surface area (Å²) in [5.74, 6) is -0.453. The SMILES string of the molecule is CCOC(=O)C=Cc1ccc(C(=O)c2ccc(N)cc2)cc1. The van der Waals surface area contributed by atoms with E-state index >= 15 is 0 Å². The van der Waals surface area contributed by atoms with Crippen LogP contribution in [0.2, 0.25) is 0 Å². The molecule has 0 radical (unpaired) electrons. The molecule has 0 unspecified atom stereocenters. The van der Waals surface area contributed by atoms with Crippen LogP contribution in [0.5, 0.6) is 0 Å². The molecule has 4 nitrogen and oxygen atoms in total. The minimum absolute atomic E-state index is 0.0686. The zero-order chi connectivity index (χ0) is 15.9. The third-order valence-electron chi connectivity index (χ3n) is 3.04. The Morgan fingerprint density at radius 3 is 2.09 bits per heavy atom. The Bertz CT molecular complexity index is 685. The smallest absolute Gasteiger partial charge is 0.330 e. The van der Waals surface area contributed by atoms with Crippen LogP contribution in [0.15, 0.2) is 54.6 Å². The zero-order valence-electron chi connectivity index (χ0n) is 12.3. The molecule has 0 spiro atoms.